The van der Waals surface area contributed by atoms with Crippen LogP contribution in [0.15, 0.2) is 22.7 Å². The molecule has 108 valence electrons. The van der Waals surface area contributed by atoms with Gasteiger partial charge in [0, 0.05) is 18.2 Å². The lowest BCUT2D eigenvalue weighted by molar-refractivity contribution is -0.385. The summed E-state index contributed by atoms with van der Waals surface area (Å²) < 4.78 is 0.345. The van der Waals surface area contributed by atoms with Gasteiger partial charge in [-0.2, -0.15) is 0 Å². The van der Waals surface area contributed by atoms with E-state index in [-0.39, 0.29) is 17.0 Å². The fourth-order valence-corrected chi connectivity index (χ4v) is 2.93. The van der Waals surface area contributed by atoms with E-state index in [1.165, 1.54) is 18.2 Å². The fraction of sp³-hybridized carbons (Fsp3) is 0.462. The van der Waals surface area contributed by atoms with Gasteiger partial charge in [0.25, 0.3) is 5.69 Å². The van der Waals surface area contributed by atoms with Crippen molar-refractivity contribution in [2.75, 3.05) is 11.9 Å². The number of benzene rings is 1. The molecule has 0 unspecified atom stereocenters. The molecule has 0 bridgehead atoms. The van der Waals surface area contributed by atoms with Gasteiger partial charge in [-0.15, -0.1) is 0 Å². The summed E-state index contributed by atoms with van der Waals surface area (Å²) in [6.45, 7) is 0.518. The smallest absolute Gasteiger partial charge is 0.283 e. The molecule has 0 radical (unpaired) electrons. The zero-order chi connectivity index (χ0) is 14.8. The molecule has 1 aliphatic carbocycles. The third kappa shape index (κ3) is 3.16. The molecule has 1 aromatic rings. The van der Waals surface area contributed by atoms with Crippen molar-refractivity contribution in [1.29, 1.82) is 0 Å². The Morgan fingerprint density at radius 3 is 2.65 bits per heavy atom. The summed E-state index contributed by atoms with van der Waals surface area (Å²) in [5.41, 5.74) is 6.19. The van der Waals surface area contributed by atoms with Crippen molar-refractivity contribution in [1.82, 2.24) is 0 Å². The minimum Gasteiger partial charge on any atom is -0.330 e. The first-order valence-electron chi connectivity index (χ1n) is 6.40. The lowest BCUT2D eigenvalue weighted by atomic mass is 9.66. The quantitative estimate of drug-likeness (QED) is 0.635. The van der Waals surface area contributed by atoms with Gasteiger partial charge in [0.15, 0.2) is 0 Å². The van der Waals surface area contributed by atoms with Crippen LogP contribution >= 0.6 is 15.9 Å². The number of carbonyl (C=O) groups is 1. The zero-order valence-electron chi connectivity index (χ0n) is 10.9. The highest BCUT2D eigenvalue weighted by Gasteiger charge is 2.37. The second-order valence-electron chi connectivity index (χ2n) is 5.21. The van der Waals surface area contributed by atoms with Crippen LogP contribution in [-0.2, 0) is 4.79 Å². The van der Waals surface area contributed by atoms with Crippen molar-refractivity contribution in [2.24, 2.45) is 11.1 Å². The normalized spacial score (nSPS) is 16.3. The van der Waals surface area contributed by atoms with Gasteiger partial charge in [0.1, 0.15) is 0 Å². The highest BCUT2D eigenvalue weighted by atomic mass is 79.9. The summed E-state index contributed by atoms with van der Waals surface area (Å²) >= 11 is 3.12. The number of halogens is 1. The number of amides is 1. The minimum atomic E-state index is -0.479. The second kappa shape index (κ2) is 5.88. The van der Waals surface area contributed by atoms with E-state index in [0.29, 0.717) is 23.1 Å². The SMILES string of the molecule is NCC1(CC(=O)Nc2ccc([N+](=O)[O-])c(Br)c2)CCC1. The maximum Gasteiger partial charge on any atom is 0.283 e. The van der Waals surface area contributed by atoms with Gasteiger partial charge in [0.2, 0.25) is 5.91 Å². The number of hydrogen-bond acceptors (Lipinski definition) is 4. The molecule has 3 N–H and O–H groups in total. The summed E-state index contributed by atoms with van der Waals surface area (Å²) in [7, 11) is 0. The number of nitrogens with one attached hydrogen (secondary N) is 1. The predicted molar refractivity (Wildman–Crippen MR) is 79.4 cm³/mol. The number of anilines is 1. The van der Waals surface area contributed by atoms with E-state index in [4.69, 9.17) is 5.73 Å². The van der Waals surface area contributed by atoms with Crippen LogP contribution in [0.3, 0.4) is 0 Å². The third-order valence-electron chi connectivity index (χ3n) is 3.81. The van der Waals surface area contributed by atoms with Gasteiger partial charge >= 0.3 is 0 Å². The van der Waals surface area contributed by atoms with E-state index in [1.807, 2.05) is 0 Å². The molecule has 0 aromatic heterocycles. The number of hydrogen-bond donors (Lipinski definition) is 2. The molecular formula is C13H16BrN3O3. The Morgan fingerprint density at radius 1 is 1.50 bits per heavy atom. The standard InChI is InChI=1S/C13H16BrN3O3/c14-10-6-9(2-3-11(10)17(19)20)16-12(18)7-13(8-15)4-1-5-13/h2-3,6H,1,4-5,7-8,15H2,(H,16,18). The van der Waals surface area contributed by atoms with Crippen LogP contribution in [0.1, 0.15) is 25.7 Å². The van der Waals surface area contributed by atoms with Crippen molar-refractivity contribution in [3.05, 3.63) is 32.8 Å². The lowest BCUT2D eigenvalue weighted by Crippen LogP contribution is -2.40. The van der Waals surface area contributed by atoms with Gasteiger partial charge in [-0.1, -0.05) is 6.42 Å². The third-order valence-corrected chi connectivity index (χ3v) is 4.45. The first-order chi connectivity index (χ1) is 9.46. The molecule has 1 saturated carbocycles. The van der Waals surface area contributed by atoms with Crippen molar-refractivity contribution in [3.8, 4) is 0 Å². The molecule has 7 heteroatoms. The maximum absolute atomic E-state index is 12.0. The van der Waals surface area contributed by atoms with Gasteiger partial charge < -0.3 is 11.1 Å². The molecule has 1 fully saturated rings. The summed E-state index contributed by atoms with van der Waals surface area (Å²) in [5, 5.41) is 13.5. The summed E-state index contributed by atoms with van der Waals surface area (Å²) in [6.07, 6.45) is 3.49. The highest BCUT2D eigenvalue weighted by molar-refractivity contribution is 9.10. The summed E-state index contributed by atoms with van der Waals surface area (Å²) in [6, 6.07) is 4.42. The Balaban J connectivity index is 2.01. The number of nitrogens with two attached hydrogens (primary N) is 1. The number of nitrogens with zero attached hydrogens (tertiary/aromatic N) is 1. The van der Waals surface area contributed by atoms with E-state index in [9.17, 15) is 14.9 Å². The molecule has 0 heterocycles. The Bertz CT molecular complexity index is 538. The van der Waals surface area contributed by atoms with Crippen molar-refractivity contribution in [3.63, 3.8) is 0 Å². The van der Waals surface area contributed by atoms with Gasteiger partial charge in [-0.05, 0) is 52.9 Å². The van der Waals surface area contributed by atoms with Crippen LogP contribution in [-0.4, -0.2) is 17.4 Å². The molecule has 2 rings (SSSR count). The van der Waals surface area contributed by atoms with Gasteiger partial charge in [-0.3, -0.25) is 14.9 Å². The topological polar surface area (TPSA) is 98.3 Å². The van der Waals surface area contributed by atoms with Crippen molar-refractivity contribution >= 4 is 33.2 Å². The molecule has 0 aliphatic heterocycles. The molecule has 6 nitrogen and oxygen atoms in total. The summed E-state index contributed by atoms with van der Waals surface area (Å²) in [4.78, 5) is 22.2. The van der Waals surface area contributed by atoms with Crippen LogP contribution in [0.4, 0.5) is 11.4 Å². The van der Waals surface area contributed by atoms with Gasteiger partial charge in [-0.25, -0.2) is 0 Å². The monoisotopic (exact) mass is 341 g/mol. The average Bonchev–Trinajstić information content (AvgIpc) is 2.33. The van der Waals surface area contributed by atoms with Crippen LogP contribution in [0.5, 0.6) is 0 Å². The number of carbonyl (C=O) groups excluding carboxylic acids is 1. The van der Waals surface area contributed by atoms with Crippen LogP contribution in [0, 0.1) is 15.5 Å². The first kappa shape index (κ1) is 14.9. The number of nitro groups is 1. The summed E-state index contributed by atoms with van der Waals surface area (Å²) in [5.74, 6) is -0.101. The highest BCUT2D eigenvalue weighted by Crippen LogP contribution is 2.43. The molecule has 1 aromatic carbocycles. The van der Waals surface area contributed by atoms with Crippen molar-refractivity contribution in [2.45, 2.75) is 25.7 Å². The Labute approximate surface area is 125 Å². The molecule has 1 amide bonds. The molecule has 1 aliphatic rings. The van der Waals surface area contributed by atoms with Crippen molar-refractivity contribution < 1.29 is 9.72 Å². The average molecular weight is 342 g/mol. The second-order valence-corrected chi connectivity index (χ2v) is 6.06. The molecule has 20 heavy (non-hydrogen) atoms. The Hall–Kier alpha value is -1.47. The van der Waals surface area contributed by atoms with E-state index in [2.05, 4.69) is 21.2 Å². The Kier molecular flexibility index (Phi) is 4.39. The molecule has 0 atom stereocenters. The maximum atomic E-state index is 12.0. The van der Waals surface area contributed by atoms with Crippen LogP contribution < -0.4 is 11.1 Å². The number of nitro benzene ring substituents is 1. The van der Waals surface area contributed by atoms with E-state index in [1.54, 1.807) is 0 Å². The molecular weight excluding hydrogens is 326 g/mol. The first-order valence-corrected chi connectivity index (χ1v) is 7.19. The predicted octanol–water partition coefficient (Wildman–Crippen LogP) is 2.81. The van der Waals surface area contributed by atoms with Crippen LogP contribution in [0.25, 0.3) is 0 Å². The number of rotatable bonds is 5. The minimum absolute atomic E-state index is 0.0274. The Morgan fingerprint density at radius 2 is 2.20 bits per heavy atom. The molecule has 0 saturated heterocycles. The van der Waals surface area contributed by atoms with E-state index >= 15 is 0 Å². The molecule has 0 spiro atoms. The largest absolute Gasteiger partial charge is 0.330 e. The van der Waals surface area contributed by atoms with Gasteiger partial charge in [0.05, 0.1) is 9.40 Å². The van der Waals surface area contributed by atoms with E-state index < -0.39 is 4.92 Å². The zero-order valence-corrected chi connectivity index (χ0v) is 12.5. The van der Waals surface area contributed by atoms with Crippen LogP contribution in [0.2, 0.25) is 0 Å². The fourth-order valence-electron chi connectivity index (χ4n) is 2.41. The van der Waals surface area contributed by atoms with E-state index in [0.717, 1.165) is 19.3 Å². The lowest BCUT2D eigenvalue weighted by Gasteiger charge is -2.40.